The molecular weight excluding hydrogens is 405 g/mol. The van der Waals surface area contributed by atoms with Gasteiger partial charge in [-0.2, -0.15) is 0 Å². The Morgan fingerprint density at radius 3 is 2.39 bits per heavy atom. The molecule has 1 N–H and O–H groups in total. The normalized spacial score (nSPS) is 11.5. The van der Waals surface area contributed by atoms with Gasteiger partial charge in [-0.05, 0) is 40.2 Å². The van der Waals surface area contributed by atoms with Crippen LogP contribution in [0.2, 0.25) is 10.0 Å². The first-order chi connectivity index (χ1) is 13.4. The van der Waals surface area contributed by atoms with Crippen LogP contribution in [0, 0.1) is 10.1 Å². The topological polar surface area (TPSA) is 94.4 Å². The van der Waals surface area contributed by atoms with Crippen LogP contribution in [0.1, 0.15) is 11.7 Å². The van der Waals surface area contributed by atoms with Gasteiger partial charge in [0.1, 0.15) is 6.20 Å². The SMILES string of the molecule is O=C(Nc1cc(Cl)cc(Cl)c1)[C@H](Oc1cccnc1[N+](=O)[O-])c1ccccc1. The molecule has 1 aromatic heterocycles. The second-order valence-electron chi connectivity index (χ2n) is 5.64. The molecule has 142 valence electrons. The molecule has 1 amide bonds. The average Bonchev–Trinajstić information content (AvgIpc) is 2.66. The number of hydrogen-bond acceptors (Lipinski definition) is 5. The maximum Gasteiger partial charge on any atom is 0.406 e. The van der Waals surface area contributed by atoms with E-state index in [0.29, 0.717) is 21.3 Å². The van der Waals surface area contributed by atoms with Crippen LogP contribution in [0.15, 0.2) is 66.9 Å². The molecule has 0 saturated carbocycles. The van der Waals surface area contributed by atoms with Gasteiger partial charge in [0.05, 0.1) is 0 Å². The minimum Gasteiger partial charge on any atom is -0.467 e. The Hall–Kier alpha value is -3.16. The lowest BCUT2D eigenvalue weighted by atomic mass is 10.1. The van der Waals surface area contributed by atoms with E-state index in [0.717, 1.165) is 0 Å². The van der Waals surface area contributed by atoms with Crippen LogP contribution < -0.4 is 10.1 Å². The molecular formula is C19H13Cl2N3O4. The van der Waals surface area contributed by atoms with Crippen molar-refractivity contribution in [2.24, 2.45) is 0 Å². The molecule has 0 radical (unpaired) electrons. The molecule has 0 bridgehead atoms. The summed E-state index contributed by atoms with van der Waals surface area (Å²) in [5.41, 5.74) is 0.874. The second kappa shape index (κ2) is 8.69. The van der Waals surface area contributed by atoms with Crippen molar-refractivity contribution in [2.75, 3.05) is 5.32 Å². The number of nitrogens with one attached hydrogen (secondary N) is 1. The molecule has 0 saturated heterocycles. The van der Waals surface area contributed by atoms with Crippen LogP contribution in [0.25, 0.3) is 0 Å². The van der Waals surface area contributed by atoms with E-state index in [9.17, 15) is 14.9 Å². The lowest BCUT2D eigenvalue weighted by molar-refractivity contribution is -0.390. The molecule has 1 heterocycles. The number of carbonyl (C=O) groups excluding carboxylic acids is 1. The Morgan fingerprint density at radius 2 is 1.75 bits per heavy atom. The van der Waals surface area contributed by atoms with Crippen molar-refractivity contribution >= 4 is 40.6 Å². The highest BCUT2D eigenvalue weighted by molar-refractivity contribution is 6.35. The van der Waals surface area contributed by atoms with E-state index in [1.54, 1.807) is 30.3 Å². The molecule has 7 nitrogen and oxygen atoms in total. The molecule has 3 aromatic rings. The Bertz CT molecular complexity index is 995. The molecule has 9 heteroatoms. The number of nitro groups is 1. The monoisotopic (exact) mass is 417 g/mol. The number of carbonyl (C=O) groups is 1. The summed E-state index contributed by atoms with van der Waals surface area (Å²) < 4.78 is 5.71. The number of benzene rings is 2. The van der Waals surface area contributed by atoms with Crippen molar-refractivity contribution in [3.8, 4) is 5.75 Å². The zero-order valence-corrected chi connectivity index (χ0v) is 15.7. The van der Waals surface area contributed by atoms with Crippen LogP contribution in [0.4, 0.5) is 11.5 Å². The third kappa shape index (κ3) is 4.76. The average molecular weight is 418 g/mol. The molecule has 0 aliphatic rings. The summed E-state index contributed by atoms with van der Waals surface area (Å²) in [6.07, 6.45) is 0.109. The number of aromatic nitrogens is 1. The summed E-state index contributed by atoms with van der Waals surface area (Å²) in [4.78, 5) is 27.1. The fourth-order valence-electron chi connectivity index (χ4n) is 2.47. The highest BCUT2D eigenvalue weighted by Crippen LogP contribution is 2.30. The first-order valence-electron chi connectivity index (χ1n) is 8.02. The maximum atomic E-state index is 12.9. The van der Waals surface area contributed by atoms with Crippen molar-refractivity contribution in [2.45, 2.75) is 6.10 Å². The number of hydrogen-bond donors (Lipinski definition) is 1. The second-order valence-corrected chi connectivity index (χ2v) is 6.51. The van der Waals surface area contributed by atoms with Gasteiger partial charge in [-0.15, -0.1) is 0 Å². The predicted octanol–water partition coefficient (Wildman–Crippen LogP) is 5.06. The summed E-state index contributed by atoms with van der Waals surface area (Å²) >= 11 is 11.9. The maximum absolute atomic E-state index is 12.9. The quantitative estimate of drug-likeness (QED) is 0.446. The lowest BCUT2D eigenvalue weighted by Crippen LogP contribution is -2.26. The largest absolute Gasteiger partial charge is 0.467 e. The highest BCUT2D eigenvalue weighted by atomic mass is 35.5. The summed E-state index contributed by atoms with van der Waals surface area (Å²) in [6.45, 7) is 0. The van der Waals surface area contributed by atoms with Gasteiger partial charge in [-0.25, -0.2) is 0 Å². The van der Waals surface area contributed by atoms with Gasteiger partial charge in [0, 0.05) is 21.3 Å². The van der Waals surface area contributed by atoms with E-state index in [4.69, 9.17) is 27.9 Å². The van der Waals surface area contributed by atoms with Gasteiger partial charge >= 0.3 is 5.82 Å². The number of ether oxygens (including phenoxy) is 1. The summed E-state index contributed by atoms with van der Waals surface area (Å²) in [7, 11) is 0. The number of halogens is 2. The van der Waals surface area contributed by atoms with Crippen molar-refractivity contribution in [3.05, 3.63) is 92.6 Å². The zero-order valence-electron chi connectivity index (χ0n) is 14.2. The minimum atomic E-state index is -1.16. The van der Waals surface area contributed by atoms with Crippen molar-refractivity contribution in [1.29, 1.82) is 0 Å². The van der Waals surface area contributed by atoms with Crippen LogP contribution >= 0.6 is 23.2 Å². The van der Waals surface area contributed by atoms with Crippen LogP contribution in [-0.4, -0.2) is 15.8 Å². The molecule has 0 spiro atoms. The number of anilines is 1. The van der Waals surface area contributed by atoms with Crippen molar-refractivity contribution < 1.29 is 14.5 Å². The molecule has 0 aliphatic heterocycles. The number of pyridine rings is 1. The van der Waals surface area contributed by atoms with Gasteiger partial charge < -0.3 is 20.2 Å². The van der Waals surface area contributed by atoms with Gasteiger partial charge in [0.15, 0.2) is 0 Å². The van der Waals surface area contributed by atoms with E-state index in [2.05, 4.69) is 10.3 Å². The lowest BCUT2D eigenvalue weighted by Gasteiger charge is -2.19. The van der Waals surface area contributed by atoms with E-state index < -0.39 is 22.8 Å². The van der Waals surface area contributed by atoms with Crippen molar-refractivity contribution in [1.82, 2.24) is 4.98 Å². The van der Waals surface area contributed by atoms with Gasteiger partial charge in [0.25, 0.3) is 5.91 Å². The molecule has 2 aromatic carbocycles. The molecule has 28 heavy (non-hydrogen) atoms. The van der Waals surface area contributed by atoms with E-state index in [1.165, 1.54) is 36.5 Å². The number of rotatable bonds is 6. The molecule has 1 atom stereocenters. The minimum absolute atomic E-state index is 0.124. The fourth-order valence-corrected chi connectivity index (χ4v) is 3.00. The van der Waals surface area contributed by atoms with E-state index in [1.807, 2.05) is 0 Å². The van der Waals surface area contributed by atoms with Gasteiger partial charge in [-0.3, -0.25) is 4.79 Å². The Balaban J connectivity index is 1.94. The summed E-state index contributed by atoms with van der Waals surface area (Å²) in [5.74, 6) is -1.16. The third-order valence-electron chi connectivity index (χ3n) is 3.64. The van der Waals surface area contributed by atoms with Gasteiger partial charge in [0.2, 0.25) is 11.9 Å². The third-order valence-corrected chi connectivity index (χ3v) is 4.08. The molecule has 0 unspecified atom stereocenters. The van der Waals surface area contributed by atoms with Crippen LogP contribution in [0.5, 0.6) is 5.75 Å². The summed E-state index contributed by atoms with van der Waals surface area (Å²) in [6, 6.07) is 16.0. The molecule has 0 aliphatic carbocycles. The Morgan fingerprint density at radius 1 is 1.07 bits per heavy atom. The van der Waals surface area contributed by atoms with Crippen molar-refractivity contribution in [3.63, 3.8) is 0 Å². The standard InChI is InChI=1S/C19H13Cl2N3O4/c20-13-9-14(21)11-15(10-13)23-19(25)17(12-5-2-1-3-6-12)28-16-7-4-8-22-18(16)24(26)27/h1-11,17H,(H,23,25)/t17-/m1/s1. The van der Waals surface area contributed by atoms with E-state index >= 15 is 0 Å². The highest BCUT2D eigenvalue weighted by Gasteiger charge is 2.27. The van der Waals surface area contributed by atoms with Crippen LogP contribution in [-0.2, 0) is 4.79 Å². The number of nitrogens with zero attached hydrogens (tertiary/aromatic N) is 2. The first kappa shape index (κ1) is 19.6. The predicted molar refractivity (Wildman–Crippen MR) is 106 cm³/mol. The fraction of sp³-hybridized carbons (Fsp3) is 0.0526. The Kier molecular flexibility index (Phi) is 6.08. The Labute approximate surface area is 170 Å². The molecule has 0 fully saturated rings. The smallest absolute Gasteiger partial charge is 0.406 e. The van der Waals surface area contributed by atoms with Crippen LogP contribution in [0.3, 0.4) is 0 Å². The summed E-state index contributed by atoms with van der Waals surface area (Å²) in [5, 5.41) is 14.6. The number of amides is 1. The first-order valence-corrected chi connectivity index (χ1v) is 8.77. The zero-order chi connectivity index (χ0) is 20.1. The van der Waals surface area contributed by atoms with Gasteiger partial charge in [-0.1, -0.05) is 53.5 Å². The van der Waals surface area contributed by atoms with E-state index in [-0.39, 0.29) is 5.75 Å². The molecule has 3 rings (SSSR count).